The molecular formula is C23H22N4O. The summed E-state index contributed by atoms with van der Waals surface area (Å²) < 4.78 is 4.48. The second-order valence-electron chi connectivity index (χ2n) is 7.58. The van der Waals surface area contributed by atoms with E-state index in [4.69, 9.17) is 0 Å². The van der Waals surface area contributed by atoms with E-state index in [1.807, 2.05) is 36.9 Å². The van der Waals surface area contributed by atoms with Crippen LogP contribution in [0.1, 0.15) is 53.7 Å². The van der Waals surface area contributed by atoms with E-state index in [0.29, 0.717) is 17.6 Å². The van der Waals surface area contributed by atoms with Gasteiger partial charge in [-0.3, -0.25) is 4.79 Å². The highest BCUT2D eigenvalue weighted by Gasteiger charge is 2.25. The van der Waals surface area contributed by atoms with E-state index >= 15 is 0 Å². The van der Waals surface area contributed by atoms with Crippen molar-refractivity contribution in [3.05, 3.63) is 66.8 Å². The van der Waals surface area contributed by atoms with Crippen LogP contribution in [0.15, 0.2) is 55.6 Å². The maximum absolute atomic E-state index is 10.6. The van der Waals surface area contributed by atoms with Gasteiger partial charge in [-0.1, -0.05) is 18.7 Å². The second kappa shape index (κ2) is 6.75. The molecule has 2 aliphatic carbocycles. The van der Waals surface area contributed by atoms with Gasteiger partial charge < -0.3 is 9.13 Å². The fraction of sp³-hybridized carbons (Fsp3) is 0.261. The Morgan fingerprint density at radius 1 is 0.821 bits per heavy atom. The standard InChI is InChI=1S/C12H12N2.C11H10N2O/c1-2-9-3-6-12-11(7-9)13-8-14(12)10-4-5-10;14-6-8-1-4-11-10(5-8)12-7-13(11)9-2-3-9/h2-3,6-8,10H,1,4-5H2;1,4-7,9H,2-3H2. The van der Waals surface area contributed by atoms with E-state index in [1.54, 1.807) is 0 Å². The van der Waals surface area contributed by atoms with Crippen LogP contribution in [0, 0.1) is 0 Å². The molecule has 0 saturated heterocycles. The van der Waals surface area contributed by atoms with Crippen molar-refractivity contribution in [3.8, 4) is 0 Å². The number of carbonyl (C=O) groups excluding carboxylic acids is 1. The number of nitrogens with zero attached hydrogens (tertiary/aromatic N) is 4. The quantitative estimate of drug-likeness (QED) is 0.464. The zero-order valence-electron chi connectivity index (χ0n) is 15.7. The van der Waals surface area contributed by atoms with Gasteiger partial charge in [-0.2, -0.15) is 0 Å². The van der Waals surface area contributed by atoms with Crippen LogP contribution in [0.3, 0.4) is 0 Å². The predicted octanol–water partition coefficient (Wildman–Crippen LogP) is 5.20. The minimum Gasteiger partial charge on any atom is -0.327 e. The fourth-order valence-corrected chi connectivity index (χ4v) is 3.59. The summed E-state index contributed by atoms with van der Waals surface area (Å²) in [6, 6.07) is 13.3. The Hall–Kier alpha value is -3.21. The van der Waals surface area contributed by atoms with Gasteiger partial charge in [0.1, 0.15) is 6.29 Å². The fourth-order valence-electron chi connectivity index (χ4n) is 3.59. The van der Waals surface area contributed by atoms with Crippen molar-refractivity contribution in [2.75, 3.05) is 0 Å². The van der Waals surface area contributed by atoms with Crippen LogP contribution in [0.25, 0.3) is 28.1 Å². The average molecular weight is 370 g/mol. The molecule has 28 heavy (non-hydrogen) atoms. The molecule has 5 heteroatoms. The Morgan fingerprint density at radius 2 is 1.32 bits per heavy atom. The highest BCUT2D eigenvalue weighted by atomic mass is 16.1. The molecular weight excluding hydrogens is 348 g/mol. The van der Waals surface area contributed by atoms with Crippen molar-refractivity contribution in [1.29, 1.82) is 0 Å². The van der Waals surface area contributed by atoms with Crippen molar-refractivity contribution in [3.63, 3.8) is 0 Å². The zero-order chi connectivity index (χ0) is 19.1. The lowest BCUT2D eigenvalue weighted by Crippen LogP contribution is -1.90. The molecule has 2 aromatic heterocycles. The molecule has 2 aromatic carbocycles. The number of hydrogen-bond acceptors (Lipinski definition) is 3. The van der Waals surface area contributed by atoms with Crippen molar-refractivity contribution < 1.29 is 4.79 Å². The van der Waals surface area contributed by atoms with Crippen LogP contribution in [0.2, 0.25) is 0 Å². The maximum atomic E-state index is 10.6. The lowest BCUT2D eigenvalue weighted by atomic mass is 10.2. The molecule has 0 atom stereocenters. The number of aldehydes is 1. The molecule has 0 amide bonds. The van der Waals surface area contributed by atoms with Crippen LogP contribution in [-0.2, 0) is 0 Å². The zero-order valence-corrected chi connectivity index (χ0v) is 15.7. The molecule has 0 aliphatic heterocycles. The van der Waals surface area contributed by atoms with Gasteiger partial charge in [0.15, 0.2) is 0 Å². The number of rotatable bonds is 4. The van der Waals surface area contributed by atoms with Gasteiger partial charge in [0.2, 0.25) is 0 Å². The maximum Gasteiger partial charge on any atom is 0.150 e. The Bertz CT molecular complexity index is 1080. The smallest absolute Gasteiger partial charge is 0.150 e. The monoisotopic (exact) mass is 370 g/mol. The summed E-state index contributed by atoms with van der Waals surface area (Å²) in [5.41, 5.74) is 6.21. The second-order valence-corrected chi connectivity index (χ2v) is 7.58. The summed E-state index contributed by atoms with van der Waals surface area (Å²) in [7, 11) is 0. The number of fused-ring (bicyclic) bond motifs is 2. The highest BCUT2D eigenvalue weighted by Crippen LogP contribution is 2.37. The largest absolute Gasteiger partial charge is 0.327 e. The molecule has 0 N–H and O–H groups in total. The van der Waals surface area contributed by atoms with E-state index in [9.17, 15) is 4.79 Å². The summed E-state index contributed by atoms with van der Waals surface area (Å²) in [4.78, 5) is 19.3. The first kappa shape index (κ1) is 16.9. The lowest BCUT2D eigenvalue weighted by molar-refractivity contribution is 0.112. The first-order chi connectivity index (χ1) is 13.8. The van der Waals surface area contributed by atoms with E-state index in [0.717, 1.165) is 28.4 Å². The number of carbonyl (C=O) groups is 1. The van der Waals surface area contributed by atoms with Gasteiger partial charge in [0.05, 0.1) is 34.7 Å². The van der Waals surface area contributed by atoms with Gasteiger partial charge in [0.25, 0.3) is 0 Å². The Kier molecular flexibility index (Phi) is 4.08. The van der Waals surface area contributed by atoms with Crippen molar-refractivity contribution in [1.82, 2.24) is 19.1 Å². The third kappa shape index (κ3) is 3.13. The molecule has 2 saturated carbocycles. The number of imidazole rings is 2. The average Bonchev–Trinajstić information content (AvgIpc) is 3.68. The van der Waals surface area contributed by atoms with E-state index in [2.05, 4.69) is 43.9 Å². The minimum absolute atomic E-state index is 0.641. The third-order valence-electron chi connectivity index (χ3n) is 5.45. The molecule has 140 valence electrons. The summed E-state index contributed by atoms with van der Waals surface area (Å²) >= 11 is 0. The number of hydrogen-bond donors (Lipinski definition) is 0. The Labute approximate surface area is 163 Å². The van der Waals surface area contributed by atoms with E-state index < -0.39 is 0 Å². The number of aromatic nitrogens is 4. The van der Waals surface area contributed by atoms with Crippen molar-refractivity contribution in [2.24, 2.45) is 0 Å². The van der Waals surface area contributed by atoms with Crippen molar-refractivity contribution in [2.45, 2.75) is 37.8 Å². The van der Waals surface area contributed by atoms with Gasteiger partial charge in [-0.15, -0.1) is 0 Å². The molecule has 5 nitrogen and oxygen atoms in total. The van der Waals surface area contributed by atoms with Crippen LogP contribution in [0.5, 0.6) is 0 Å². The van der Waals surface area contributed by atoms with Crippen LogP contribution >= 0.6 is 0 Å². The van der Waals surface area contributed by atoms with Crippen LogP contribution < -0.4 is 0 Å². The molecule has 6 rings (SSSR count). The molecule has 2 aliphatic rings. The SMILES string of the molecule is C=Cc1ccc2c(c1)ncn2C1CC1.O=Cc1ccc2c(c1)ncn2C1CC1. The molecule has 2 fully saturated rings. The molecule has 4 aromatic rings. The summed E-state index contributed by atoms with van der Waals surface area (Å²) in [5, 5.41) is 0. The Balaban J connectivity index is 0.000000122. The van der Waals surface area contributed by atoms with Gasteiger partial charge in [0, 0.05) is 17.6 Å². The summed E-state index contributed by atoms with van der Waals surface area (Å²) in [6.07, 6.45) is 11.6. The molecule has 0 unspecified atom stereocenters. The van der Waals surface area contributed by atoms with Gasteiger partial charge in [-0.05, 0) is 61.6 Å². The molecule has 0 spiro atoms. The number of benzene rings is 2. The van der Waals surface area contributed by atoms with E-state index in [-0.39, 0.29) is 0 Å². The van der Waals surface area contributed by atoms with Gasteiger partial charge in [-0.25, -0.2) is 9.97 Å². The first-order valence-corrected chi connectivity index (χ1v) is 9.77. The third-order valence-corrected chi connectivity index (χ3v) is 5.45. The van der Waals surface area contributed by atoms with E-state index in [1.165, 1.54) is 31.2 Å². The van der Waals surface area contributed by atoms with Gasteiger partial charge >= 0.3 is 0 Å². The normalized spacial score (nSPS) is 16.0. The van der Waals surface area contributed by atoms with Crippen LogP contribution in [-0.4, -0.2) is 25.4 Å². The first-order valence-electron chi connectivity index (χ1n) is 9.77. The minimum atomic E-state index is 0.641. The predicted molar refractivity (Wildman–Crippen MR) is 111 cm³/mol. The molecule has 0 bridgehead atoms. The lowest BCUT2D eigenvalue weighted by Gasteiger charge is -2.00. The molecule has 2 heterocycles. The molecule has 0 radical (unpaired) electrons. The van der Waals surface area contributed by atoms with Crippen molar-refractivity contribution >= 4 is 34.4 Å². The van der Waals surface area contributed by atoms with Crippen LogP contribution in [0.4, 0.5) is 0 Å². The summed E-state index contributed by atoms with van der Waals surface area (Å²) in [6.45, 7) is 3.76. The highest BCUT2D eigenvalue weighted by molar-refractivity contribution is 5.85. The topological polar surface area (TPSA) is 52.7 Å². The Morgan fingerprint density at radius 3 is 1.79 bits per heavy atom. The summed E-state index contributed by atoms with van der Waals surface area (Å²) in [5.74, 6) is 0.